The highest BCUT2D eigenvalue weighted by Crippen LogP contribution is 2.22. The standard InChI is InChI=1S/C11H9N5O3/c17-5-7-1-2-8(10-14-12-6-16(7)10)15-4-3-9(18)13-11(15)19/h1-2,5-6H,3-4H2,(H,13,18,19). The van der Waals surface area contributed by atoms with Crippen molar-refractivity contribution in [3.05, 3.63) is 24.2 Å². The Bertz CT molecular complexity index is 693. The summed E-state index contributed by atoms with van der Waals surface area (Å²) in [5, 5.41) is 9.87. The van der Waals surface area contributed by atoms with Crippen LogP contribution in [0, 0.1) is 0 Å². The average Bonchev–Trinajstić information content (AvgIpc) is 2.87. The molecule has 1 aliphatic heterocycles. The van der Waals surface area contributed by atoms with Gasteiger partial charge in [-0.25, -0.2) is 4.79 Å². The van der Waals surface area contributed by atoms with Gasteiger partial charge in [-0.05, 0) is 12.1 Å². The summed E-state index contributed by atoms with van der Waals surface area (Å²) in [5.74, 6) is -0.303. The fraction of sp³-hybridized carbons (Fsp3) is 0.182. The molecule has 3 heterocycles. The number of aldehydes is 1. The van der Waals surface area contributed by atoms with Crippen molar-refractivity contribution in [1.82, 2.24) is 19.9 Å². The molecule has 1 fully saturated rings. The Morgan fingerprint density at radius 1 is 1.32 bits per heavy atom. The van der Waals surface area contributed by atoms with Crippen molar-refractivity contribution in [3.8, 4) is 0 Å². The van der Waals surface area contributed by atoms with Crippen molar-refractivity contribution in [2.24, 2.45) is 0 Å². The van der Waals surface area contributed by atoms with Crippen molar-refractivity contribution in [3.63, 3.8) is 0 Å². The van der Waals surface area contributed by atoms with Crippen LogP contribution < -0.4 is 10.2 Å². The Morgan fingerprint density at radius 3 is 2.89 bits per heavy atom. The van der Waals surface area contributed by atoms with Gasteiger partial charge >= 0.3 is 6.03 Å². The van der Waals surface area contributed by atoms with Crippen LogP contribution in [0.25, 0.3) is 5.65 Å². The zero-order chi connectivity index (χ0) is 13.4. The molecule has 19 heavy (non-hydrogen) atoms. The number of hydrogen-bond acceptors (Lipinski definition) is 5. The fourth-order valence-electron chi connectivity index (χ4n) is 2.02. The van der Waals surface area contributed by atoms with Crippen LogP contribution in [0.15, 0.2) is 18.5 Å². The van der Waals surface area contributed by atoms with Crippen molar-refractivity contribution in [2.45, 2.75) is 6.42 Å². The first-order valence-electron chi connectivity index (χ1n) is 5.60. The normalized spacial score (nSPS) is 15.7. The van der Waals surface area contributed by atoms with Gasteiger partial charge in [0.25, 0.3) is 0 Å². The monoisotopic (exact) mass is 259 g/mol. The van der Waals surface area contributed by atoms with E-state index >= 15 is 0 Å². The quantitative estimate of drug-likeness (QED) is 0.765. The van der Waals surface area contributed by atoms with Crippen LogP contribution in [0.1, 0.15) is 16.9 Å². The van der Waals surface area contributed by atoms with Gasteiger partial charge < -0.3 is 0 Å². The number of aromatic nitrogens is 3. The minimum absolute atomic E-state index is 0.224. The average molecular weight is 259 g/mol. The van der Waals surface area contributed by atoms with Crippen LogP contribution in [-0.4, -0.2) is 39.4 Å². The lowest BCUT2D eigenvalue weighted by Crippen LogP contribution is -2.49. The third-order valence-electron chi connectivity index (χ3n) is 2.93. The first-order valence-corrected chi connectivity index (χ1v) is 5.60. The number of imide groups is 1. The molecule has 0 radical (unpaired) electrons. The molecule has 8 nitrogen and oxygen atoms in total. The molecule has 0 aromatic carbocycles. The summed E-state index contributed by atoms with van der Waals surface area (Å²) in [6.07, 6.45) is 2.30. The number of carbonyl (C=O) groups is 3. The van der Waals surface area contributed by atoms with E-state index in [0.717, 1.165) is 0 Å². The Labute approximate surface area is 107 Å². The molecule has 2 aromatic rings. The second kappa shape index (κ2) is 4.16. The van der Waals surface area contributed by atoms with Gasteiger partial charge in [0.05, 0.1) is 11.4 Å². The molecule has 1 N–H and O–H groups in total. The molecule has 3 amide bonds. The number of rotatable bonds is 2. The summed E-state index contributed by atoms with van der Waals surface area (Å²) in [6.45, 7) is 0.271. The van der Waals surface area contributed by atoms with Gasteiger partial charge in [-0.3, -0.25) is 24.2 Å². The minimum Gasteiger partial charge on any atom is -0.296 e. The van der Waals surface area contributed by atoms with E-state index < -0.39 is 6.03 Å². The lowest BCUT2D eigenvalue weighted by Gasteiger charge is -2.26. The van der Waals surface area contributed by atoms with Gasteiger partial charge in [-0.15, -0.1) is 10.2 Å². The molecule has 1 aliphatic rings. The van der Waals surface area contributed by atoms with E-state index in [9.17, 15) is 14.4 Å². The first-order chi connectivity index (χ1) is 9.20. The van der Waals surface area contributed by atoms with E-state index in [-0.39, 0.29) is 18.9 Å². The summed E-state index contributed by atoms with van der Waals surface area (Å²) in [4.78, 5) is 35.2. The Balaban J connectivity index is 2.11. The zero-order valence-corrected chi connectivity index (χ0v) is 9.74. The highest BCUT2D eigenvalue weighted by Gasteiger charge is 2.26. The number of amides is 3. The van der Waals surface area contributed by atoms with Gasteiger partial charge in [0.15, 0.2) is 11.9 Å². The van der Waals surface area contributed by atoms with E-state index in [1.54, 1.807) is 12.1 Å². The van der Waals surface area contributed by atoms with Crippen LogP contribution in [0.5, 0.6) is 0 Å². The zero-order valence-electron chi connectivity index (χ0n) is 9.74. The minimum atomic E-state index is -0.500. The van der Waals surface area contributed by atoms with Crippen LogP contribution in [0.2, 0.25) is 0 Å². The van der Waals surface area contributed by atoms with E-state index in [0.29, 0.717) is 23.3 Å². The van der Waals surface area contributed by atoms with Crippen LogP contribution >= 0.6 is 0 Å². The van der Waals surface area contributed by atoms with Crippen LogP contribution in [0.4, 0.5) is 10.5 Å². The Hall–Kier alpha value is -2.77. The van der Waals surface area contributed by atoms with Crippen molar-refractivity contribution >= 4 is 29.6 Å². The predicted molar refractivity (Wildman–Crippen MR) is 63.9 cm³/mol. The molecule has 1 saturated heterocycles. The van der Waals surface area contributed by atoms with Gasteiger partial charge in [0, 0.05) is 13.0 Å². The second-order valence-corrected chi connectivity index (χ2v) is 4.04. The molecule has 0 unspecified atom stereocenters. The summed E-state index contributed by atoms with van der Waals surface area (Å²) in [7, 11) is 0. The number of nitrogens with one attached hydrogen (secondary N) is 1. The van der Waals surface area contributed by atoms with Gasteiger partial charge in [-0.2, -0.15) is 0 Å². The summed E-state index contributed by atoms with van der Waals surface area (Å²) < 4.78 is 1.49. The molecule has 96 valence electrons. The number of hydrogen-bond donors (Lipinski definition) is 1. The first kappa shape index (κ1) is 11.3. The van der Waals surface area contributed by atoms with Gasteiger partial charge in [0.2, 0.25) is 5.91 Å². The van der Waals surface area contributed by atoms with E-state index in [1.165, 1.54) is 15.6 Å². The summed E-state index contributed by atoms with van der Waals surface area (Å²) >= 11 is 0. The number of anilines is 1. The van der Waals surface area contributed by atoms with Crippen LogP contribution in [-0.2, 0) is 4.79 Å². The molecule has 8 heteroatoms. The third kappa shape index (κ3) is 1.73. The number of pyridine rings is 1. The highest BCUT2D eigenvalue weighted by molar-refractivity contribution is 6.07. The number of urea groups is 1. The summed E-state index contributed by atoms with van der Waals surface area (Å²) in [6, 6.07) is 2.69. The Kier molecular flexibility index (Phi) is 2.48. The van der Waals surface area contributed by atoms with Crippen molar-refractivity contribution in [2.75, 3.05) is 11.4 Å². The van der Waals surface area contributed by atoms with Crippen molar-refractivity contribution < 1.29 is 14.4 Å². The lowest BCUT2D eigenvalue weighted by molar-refractivity contribution is -0.120. The SMILES string of the molecule is O=Cc1ccc(N2CCC(=O)NC2=O)c2nncn12. The fourth-order valence-corrected chi connectivity index (χ4v) is 2.02. The predicted octanol–water partition coefficient (Wildman–Crippen LogP) is -0.0119. The van der Waals surface area contributed by atoms with Crippen molar-refractivity contribution in [1.29, 1.82) is 0 Å². The smallest absolute Gasteiger partial charge is 0.296 e. The summed E-state index contributed by atoms with van der Waals surface area (Å²) in [5.41, 5.74) is 1.29. The third-order valence-corrected chi connectivity index (χ3v) is 2.93. The maximum atomic E-state index is 11.8. The van der Waals surface area contributed by atoms with E-state index in [1.807, 2.05) is 0 Å². The molecule has 0 spiro atoms. The van der Waals surface area contributed by atoms with E-state index in [4.69, 9.17) is 0 Å². The van der Waals surface area contributed by atoms with E-state index in [2.05, 4.69) is 15.5 Å². The van der Waals surface area contributed by atoms with Gasteiger partial charge in [-0.1, -0.05) is 0 Å². The highest BCUT2D eigenvalue weighted by atomic mass is 16.2. The number of fused-ring (bicyclic) bond motifs is 1. The molecule has 0 saturated carbocycles. The number of nitrogens with zero attached hydrogens (tertiary/aromatic N) is 4. The topological polar surface area (TPSA) is 96.7 Å². The largest absolute Gasteiger partial charge is 0.328 e. The lowest BCUT2D eigenvalue weighted by atomic mass is 10.2. The molecule has 0 aliphatic carbocycles. The molecule has 2 aromatic heterocycles. The molecule has 0 bridgehead atoms. The Morgan fingerprint density at radius 2 is 2.16 bits per heavy atom. The maximum Gasteiger partial charge on any atom is 0.328 e. The molecule has 3 rings (SSSR count). The van der Waals surface area contributed by atoms with Crippen LogP contribution in [0.3, 0.4) is 0 Å². The van der Waals surface area contributed by atoms with Gasteiger partial charge in [0.1, 0.15) is 6.33 Å². The molecular weight excluding hydrogens is 250 g/mol. The molecule has 0 atom stereocenters. The second-order valence-electron chi connectivity index (χ2n) is 4.04. The maximum absolute atomic E-state index is 11.8. The number of carbonyl (C=O) groups excluding carboxylic acids is 3. The molecular formula is C11H9N5O3.